The maximum Gasteiger partial charge on any atom is 0.266 e. The van der Waals surface area contributed by atoms with Crippen LogP contribution in [0.15, 0.2) is 41.2 Å². The number of methoxy groups -OCH3 is 2. The van der Waals surface area contributed by atoms with E-state index < -0.39 is 6.04 Å². The summed E-state index contributed by atoms with van der Waals surface area (Å²) in [7, 11) is 3.19. The molecule has 6 heteroatoms. The number of ether oxygens (including phenoxy) is 2. The van der Waals surface area contributed by atoms with Crippen molar-refractivity contribution in [2.45, 2.75) is 12.6 Å². The van der Waals surface area contributed by atoms with Crippen LogP contribution in [0.4, 0.5) is 0 Å². The van der Waals surface area contributed by atoms with E-state index in [4.69, 9.17) is 15.2 Å². The van der Waals surface area contributed by atoms with E-state index in [0.29, 0.717) is 18.8 Å². The van der Waals surface area contributed by atoms with Crippen LogP contribution in [0, 0.1) is 0 Å². The molecule has 1 aromatic carbocycles. The minimum Gasteiger partial charge on any atom is -0.497 e. The van der Waals surface area contributed by atoms with Gasteiger partial charge >= 0.3 is 0 Å². The van der Waals surface area contributed by atoms with Gasteiger partial charge in [-0.25, -0.2) is 4.68 Å². The first-order valence-corrected chi connectivity index (χ1v) is 6.62. The van der Waals surface area contributed by atoms with Crippen LogP contribution in [0.2, 0.25) is 0 Å². The molecule has 0 saturated heterocycles. The average Bonchev–Trinajstić information content (AvgIpc) is 2.53. The van der Waals surface area contributed by atoms with E-state index in [1.165, 1.54) is 10.7 Å². The second kappa shape index (κ2) is 7.01. The Morgan fingerprint density at radius 2 is 1.90 bits per heavy atom. The first kappa shape index (κ1) is 15.2. The molecule has 1 atom stereocenters. The average molecular weight is 289 g/mol. The lowest BCUT2D eigenvalue weighted by atomic mass is 10.0. The summed E-state index contributed by atoms with van der Waals surface area (Å²) >= 11 is 0. The van der Waals surface area contributed by atoms with Gasteiger partial charge in [-0.3, -0.25) is 4.79 Å². The Morgan fingerprint density at radius 1 is 1.19 bits per heavy atom. The minimum atomic E-state index is -0.398. The molecule has 0 fully saturated rings. The van der Waals surface area contributed by atoms with Crippen molar-refractivity contribution in [3.63, 3.8) is 0 Å². The third-order valence-corrected chi connectivity index (χ3v) is 3.19. The Labute approximate surface area is 123 Å². The van der Waals surface area contributed by atoms with Crippen LogP contribution < -0.4 is 16.0 Å². The predicted molar refractivity (Wildman–Crippen MR) is 79.4 cm³/mol. The van der Waals surface area contributed by atoms with Crippen molar-refractivity contribution in [1.29, 1.82) is 0 Å². The van der Waals surface area contributed by atoms with Crippen molar-refractivity contribution in [2.75, 3.05) is 20.8 Å². The van der Waals surface area contributed by atoms with Gasteiger partial charge in [0.1, 0.15) is 5.75 Å². The normalized spacial score (nSPS) is 12.1. The molecular formula is C15H19N3O3. The molecule has 1 unspecified atom stereocenters. The third kappa shape index (κ3) is 3.68. The Kier molecular flexibility index (Phi) is 5.08. The SMILES string of the molecule is COCCn1nc(C(N)c2ccc(OC)cc2)ccc1=O. The molecule has 2 rings (SSSR count). The van der Waals surface area contributed by atoms with E-state index in [0.717, 1.165) is 11.3 Å². The summed E-state index contributed by atoms with van der Waals surface area (Å²) in [4.78, 5) is 11.7. The number of hydrogen-bond donors (Lipinski definition) is 1. The Balaban J connectivity index is 2.25. The lowest BCUT2D eigenvalue weighted by Crippen LogP contribution is -2.27. The number of aromatic nitrogens is 2. The van der Waals surface area contributed by atoms with E-state index in [1.807, 2.05) is 24.3 Å². The predicted octanol–water partition coefficient (Wildman–Crippen LogP) is 0.946. The molecule has 0 aliphatic carbocycles. The van der Waals surface area contributed by atoms with Crippen LogP contribution in [0.1, 0.15) is 17.3 Å². The number of benzene rings is 1. The van der Waals surface area contributed by atoms with Gasteiger partial charge in [0.05, 0.1) is 32.0 Å². The Hall–Kier alpha value is -2.18. The highest BCUT2D eigenvalue weighted by Gasteiger charge is 2.12. The fraction of sp³-hybridized carbons (Fsp3) is 0.333. The summed E-state index contributed by atoms with van der Waals surface area (Å²) in [6.07, 6.45) is 0. The molecular weight excluding hydrogens is 270 g/mol. The van der Waals surface area contributed by atoms with Crippen molar-refractivity contribution in [3.8, 4) is 5.75 Å². The highest BCUT2D eigenvalue weighted by Crippen LogP contribution is 2.19. The van der Waals surface area contributed by atoms with Gasteiger partial charge in [0.2, 0.25) is 0 Å². The molecule has 6 nitrogen and oxygen atoms in total. The molecule has 2 aromatic rings. The molecule has 1 aromatic heterocycles. The van der Waals surface area contributed by atoms with E-state index in [2.05, 4.69) is 5.10 Å². The molecule has 0 spiro atoms. The number of hydrogen-bond acceptors (Lipinski definition) is 5. The fourth-order valence-corrected chi connectivity index (χ4v) is 1.95. The van der Waals surface area contributed by atoms with Crippen LogP contribution in [0.5, 0.6) is 5.75 Å². The zero-order valence-electron chi connectivity index (χ0n) is 12.2. The molecule has 0 amide bonds. The van der Waals surface area contributed by atoms with Crippen LogP contribution in [-0.4, -0.2) is 30.6 Å². The van der Waals surface area contributed by atoms with Gasteiger partial charge in [-0.05, 0) is 23.8 Å². The first-order valence-electron chi connectivity index (χ1n) is 6.62. The van der Waals surface area contributed by atoms with E-state index in [9.17, 15) is 4.79 Å². The molecule has 0 aliphatic rings. The van der Waals surface area contributed by atoms with Gasteiger partial charge in [0.25, 0.3) is 5.56 Å². The van der Waals surface area contributed by atoms with Crippen molar-refractivity contribution >= 4 is 0 Å². The van der Waals surface area contributed by atoms with E-state index >= 15 is 0 Å². The molecule has 112 valence electrons. The maximum atomic E-state index is 11.7. The summed E-state index contributed by atoms with van der Waals surface area (Å²) in [6, 6.07) is 10.2. The number of nitrogens with two attached hydrogens (primary N) is 1. The standard InChI is InChI=1S/C15H19N3O3/c1-20-10-9-18-14(19)8-7-13(17-18)15(16)11-3-5-12(21-2)6-4-11/h3-8,15H,9-10,16H2,1-2H3. The van der Waals surface area contributed by atoms with Gasteiger partial charge in [-0.2, -0.15) is 5.10 Å². The Bertz CT molecular complexity index is 637. The molecule has 0 radical (unpaired) electrons. The minimum absolute atomic E-state index is 0.169. The monoisotopic (exact) mass is 289 g/mol. The van der Waals surface area contributed by atoms with E-state index in [1.54, 1.807) is 20.3 Å². The second-order valence-corrected chi connectivity index (χ2v) is 4.56. The quantitative estimate of drug-likeness (QED) is 0.856. The fourth-order valence-electron chi connectivity index (χ4n) is 1.95. The largest absolute Gasteiger partial charge is 0.497 e. The van der Waals surface area contributed by atoms with Crippen molar-refractivity contribution in [3.05, 3.63) is 58.0 Å². The topological polar surface area (TPSA) is 79.4 Å². The zero-order valence-corrected chi connectivity index (χ0v) is 12.2. The smallest absolute Gasteiger partial charge is 0.266 e. The van der Waals surface area contributed by atoms with Gasteiger partial charge in [-0.1, -0.05) is 12.1 Å². The van der Waals surface area contributed by atoms with Crippen molar-refractivity contribution in [2.24, 2.45) is 5.73 Å². The second-order valence-electron chi connectivity index (χ2n) is 4.56. The lowest BCUT2D eigenvalue weighted by Gasteiger charge is -2.13. The summed E-state index contributed by atoms with van der Waals surface area (Å²) in [5.41, 5.74) is 7.57. The highest BCUT2D eigenvalue weighted by atomic mass is 16.5. The van der Waals surface area contributed by atoms with Crippen LogP contribution in [0.3, 0.4) is 0 Å². The van der Waals surface area contributed by atoms with Crippen LogP contribution in [-0.2, 0) is 11.3 Å². The molecule has 1 heterocycles. The van der Waals surface area contributed by atoms with Crippen LogP contribution >= 0.6 is 0 Å². The molecule has 0 saturated carbocycles. The zero-order chi connectivity index (χ0) is 15.2. The molecule has 21 heavy (non-hydrogen) atoms. The number of nitrogens with zero attached hydrogens (tertiary/aromatic N) is 2. The molecule has 0 bridgehead atoms. The number of rotatable bonds is 6. The third-order valence-electron chi connectivity index (χ3n) is 3.19. The van der Waals surface area contributed by atoms with Gasteiger partial charge in [0, 0.05) is 13.2 Å². The Morgan fingerprint density at radius 3 is 2.52 bits per heavy atom. The summed E-state index contributed by atoms with van der Waals surface area (Å²) in [6.45, 7) is 0.826. The summed E-state index contributed by atoms with van der Waals surface area (Å²) < 4.78 is 11.4. The molecule has 0 aliphatic heterocycles. The van der Waals surface area contributed by atoms with Crippen molar-refractivity contribution in [1.82, 2.24) is 9.78 Å². The maximum absolute atomic E-state index is 11.7. The summed E-state index contributed by atoms with van der Waals surface area (Å²) in [5, 5.41) is 4.30. The van der Waals surface area contributed by atoms with Gasteiger partial charge < -0.3 is 15.2 Å². The summed E-state index contributed by atoms with van der Waals surface area (Å²) in [5.74, 6) is 0.768. The van der Waals surface area contributed by atoms with Crippen molar-refractivity contribution < 1.29 is 9.47 Å². The first-order chi connectivity index (χ1) is 10.2. The molecule has 2 N–H and O–H groups in total. The highest BCUT2D eigenvalue weighted by molar-refractivity contribution is 5.32. The lowest BCUT2D eigenvalue weighted by molar-refractivity contribution is 0.181. The van der Waals surface area contributed by atoms with Crippen LogP contribution in [0.25, 0.3) is 0 Å². The van der Waals surface area contributed by atoms with E-state index in [-0.39, 0.29) is 5.56 Å². The van der Waals surface area contributed by atoms with Gasteiger partial charge in [-0.15, -0.1) is 0 Å². The van der Waals surface area contributed by atoms with Gasteiger partial charge in [0.15, 0.2) is 0 Å².